The topological polar surface area (TPSA) is 68.0 Å². The van der Waals surface area contributed by atoms with E-state index in [4.69, 9.17) is 5.73 Å². The summed E-state index contributed by atoms with van der Waals surface area (Å²) in [6, 6.07) is 8.27. The fraction of sp³-hybridized carbons (Fsp3) is 0.294. The van der Waals surface area contributed by atoms with Gasteiger partial charge >= 0.3 is 0 Å². The fourth-order valence-electron chi connectivity index (χ4n) is 2.38. The molecule has 1 amide bonds. The van der Waals surface area contributed by atoms with E-state index in [1.54, 1.807) is 0 Å². The maximum Gasteiger partial charge on any atom is 0.263 e. The highest BCUT2D eigenvalue weighted by Gasteiger charge is 2.18. The number of nitrogens with one attached hydrogen (secondary N) is 1. The summed E-state index contributed by atoms with van der Waals surface area (Å²) >= 11 is 1.36. The molecule has 3 rings (SSSR count). The molecule has 0 aliphatic carbocycles. The summed E-state index contributed by atoms with van der Waals surface area (Å²) in [6.45, 7) is 6.07. The van der Waals surface area contributed by atoms with Gasteiger partial charge in [-0.05, 0) is 38.5 Å². The molecule has 0 fully saturated rings. The quantitative estimate of drug-likeness (QED) is 0.771. The van der Waals surface area contributed by atoms with Crippen molar-refractivity contribution >= 4 is 44.1 Å². The highest BCUT2D eigenvalue weighted by atomic mass is 32.1. The lowest BCUT2D eigenvalue weighted by molar-refractivity contribution is 0.0944. The maximum atomic E-state index is 12.3. The number of benzene rings is 1. The molecular formula is C17H19N3OS. The van der Waals surface area contributed by atoms with Gasteiger partial charge in [0.2, 0.25) is 0 Å². The smallest absolute Gasteiger partial charge is 0.263 e. The molecule has 2 heterocycles. The van der Waals surface area contributed by atoms with Gasteiger partial charge in [0.15, 0.2) is 0 Å². The van der Waals surface area contributed by atoms with Crippen LogP contribution in [-0.4, -0.2) is 16.9 Å². The minimum Gasteiger partial charge on any atom is -0.397 e. The van der Waals surface area contributed by atoms with E-state index in [1.807, 2.05) is 39.0 Å². The van der Waals surface area contributed by atoms with E-state index in [-0.39, 0.29) is 11.9 Å². The molecule has 114 valence electrons. The van der Waals surface area contributed by atoms with Gasteiger partial charge in [-0.15, -0.1) is 11.3 Å². The van der Waals surface area contributed by atoms with Crippen LogP contribution in [0.3, 0.4) is 0 Å². The molecule has 0 radical (unpaired) electrons. The minimum absolute atomic E-state index is 0.116. The Morgan fingerprint density at radius 3 is 2.91 bits per heavy atom. The molecule has 0 aliphatic heterocycles. The first-order valence-electron chi connectivity index (χ1n) is 7.40. The molecular weight excluding hydrogens is 294 g/mol. The fourth-order valence-corrected chi connectivity index (χ4v) is 3.37. The Labute approximate surface area is 133 Å². The van der Waals surface area contributed by atoms with E-state index in [0.717, 1.165) is 27.5 Å². The highest BCUT2D eigenvalue weighted by molar-refractivity contribution is 7.21. The van der Waals surface area contributed by atoms with Gasteiger partial charge in [-0.25, -0.2) is 4.98 Å². The molecule has 0 unspecified atom stereocenters. The van der Waals surface area contributed by atoms with Gasteiger partial charge in [-0.2, -0.15) is 0 Å². The summed E-state index contributed by atoms with van der Waals surface area (Å²) in [5.74, 6) is -0.116. The van der Waals surface area contributed by atoms with Crippen molar-refractivity contribution in [2.24, 2.45) is 0 Å². The van der Waals surface area contributed by atoms with Crippen molar-refractivity contribution in [2.75, 3.05) is 5.73 Å². The third-order valence-electron chi connectivity index (χ3n) is 3.86. The van der Waals surface area contributed by atoms with Gasteiger partial charge in [0.25, 0.3) is 5.91 Å². The van der Waals surface area contributed by atoms with Crippen LogP contribution in [0.15, 0.2) is 24.3 Å². The Bertz CT molecular complexity index is 869. The molecule has 0 aliphatic rings. The summed E-state index contributed by atoms with van der Waals surface area (Å²) in [4.78, 5) is 18.3. The van der Waals surface area contributed by atoms with Crippen molar-refractivity contribution in [3.63, 3.8) is 0 Å². The molecule has 5 heteroatoms. The molecule has 1 atom stereocenters. The number of rotatable bonds is 3. The Kier molecular flexibility index (Phi) is 3.74. The number of aryl methyl sites for hydroxylation is 1. The lowest BCUT2D eigenvalue weighted by Crippen LogP contribution is -2.31. The van der Waals surface area contributed by atoms with Gasteiger partial charge in [0, 0.05) is 16.8 Å². The predicted molar refractivity (Wildman–Crippen MR) is 93.5 cm³/mol. The molecule has 3 N–H and O–H groups in total. The van der Waals surface area contributed by atoms with E-state index in [0.29, 0.717) is 10.6 Å². The number of carbonyl (C=O) groups is 1. The zero-order valence-electron chi connectivity index (χ0n) is 12.9. The zero-order valence-corrected chi connectivity index (χ0v) is 13.8. The van der Waals surface area contributed by atoms with Crippen LogP contribution in [0.2, 0.25) is 0 Å². The first-order valence-corrected chi connectivity index (χ1v) is 8.21. The van der Waals surface area contributed by atoms with E-state index in [9.17, 15) is 4.79 Å². The number of hydrogen-bond acceptors (Lipinski definition) is 4. The molecule has 2 aromatic heterocycles. The number of carbonyl (C=O) groups excluding carboxylic acids is 1. The SMILES string of the molecule is CC[C@@H](C)NC(=O)c1sc2nc3ccc(C)cc3cc2c1N. The second-order valence-electron chi connectivity index (χ2n) is 5.66. The van der Waals surface area contributed by atoms with E-state index >= 15 is 0 Å². The number of nitrogen functional groups attached to an aromatic ring is 1. The summed E-state index contributed by atoms with van der Waals surface area (Å²) in [5, 5.41) is 4.87. The van der Waals surface area contributed by atoms with Gasteiger partial charge < -0.3 is 11.1 Å². The molecule has 0 saturated carbocycles. The zero-order chi connectivity index (χ0) is 15.9. The number of thiophene rings is 1. The van der Waals surface area contributed by atoms with Gasteiger partial charge in [-0.1, -0.05) is 18.6 Å². The average molecular weight is 313 g/mol. The largest absolute Gasteiger partial charge is 0.397 e. The molecule has 22 heavy (non-hydrogen) atoms. The van der Waals surface area contributed by atoms with Crippen LogP contribution in [0.4, 0.5) is 5.69 Å². The van der Waals surface area contributed by atoms with Gasteiger partial charge in [0.1, 0.15) is 9.71 Å². The number of anilines is 1. The minimum atomic E-state index is -0.116. The van der Waals surface area contributed by atoms with Crippen molar-refractivity contribution in [2.45, 2.75) is 33.2 Å². The molecule has 0 bridgehead atoms. The number of pyridine rings is 1. The van der Waals surface area contributed by atoms with E-state index in [2.05, 4.69) is 16.4 Å². The first kappa shape index (κ1) is 14.8. The highest BCUT2D eigenvalue weighted by Crippen LogP contribution is 2.34. The van der Waals surface area contributed by atoms with Crippen molar-refractivity contribution < 1.29 is 4.79 Å². The Morgan fingerprint density at radius 1 is 1.41 bits per heavy atom. The number of nitrogens with zero attached hydrogens (tertiary/aromatic N) is 1. The predicted octanol–water partition coefficient (Wildman–Crippen LogP) is 3.87. The molecule has 1 aromatic carbocycles. The van der Waals surface area contributed by atoms with Crippen LogP contribution < -0.4 is 11.1 Å². The van der Waals surface area contributed by atoms with Crippen LogP contribution in [0, 0.1) is 6.92 Å². The molecule has 3 aromatic rings. The van der Waals surface area contributed by atoms with Crippen molar-refractivity contribution in [1.82, 2.24) is 10.3 Å². The second-order valence-corrected chi connectivity index (χ2v) is 6.66. The molecule has 0 spiro atoms. The maximum absolute atomic E-state index is 12.3. The van der Waals surface area contributed by atoms with Crippen LogP contribution in [0.5, 0.6) is 0 Å². The van der Waals surface area contributed by atoms with Crippen molar-refractivity contribution in [3.8, 4) is 0 Å². The van der Waals surface area contributed by atoms with Crippen LogP contribution in [0.25, 0.3) is 21.1 Å². The lowest BCUT2D eigenvalue weighted by atomic mass is 10.1. The third kappa shape index (κ3) is 2.52. The number of fused-ring (bicyclic) bond motifs is 2. The molecule has 4 nitrogen and oxygen atoms in total. The van der Waals surface area contributed by atoms with Crippen LogP contribution in [0.1, 0.15) is 35.5 Å². The summed E-state index contributed by atoms with van der Waals surface area (Å²) < 4.78 is 0. The summed E-state index contributed by atoms with van der Waals surface area (Å²) in [7, 11) is 0. The molecule has 0 saturated heterocycles. The van der Waals surface area contributed by atoms with Gasteiger partial charge in [-0.3, -0.25) is 4.79 Å². The Morgan fingerprint density at radius 2 is 2.18 bits per heavy atom. The first-order chi connectivity index (χ1) is 10.5. The lowest BCUT2D eigenvalue weighted by Gasteiger charge is -2.10. The normalized spacial score (nSPS) is 12.7. The summed E-state index contributed by atoms with van der Waals surface area (Å²) in [6.07, 6.45) is 0.887. The van der Waals surface area contributed by atoms with E-state index < -0.39 is 0 Å². The van der Waals surface area contributed by atoms with Gasteiger partial charge in [0.05, 0.1) is 11.2 Å². The standard InChI is InChI=1S/C17H19N3OS/c1-4-10(3)19-16(21)15-14(18)12-8-11-7-9(2)5-6-13(11)20-17(12)22-15/h5-8,10H,4,18H2,1-3H3,(H,19,21)/t10-/m1/s1. The number of amides is 1. The number of nitrogens with two attached hydrogens (primary N) is 1. The summed E-state index contributed by atoms with van der Waals surface area (Å²) in [5.41, 5.74) is 8.82. The van der Waals surface area contributed by atoms with Crippen molar-refractivity contribution in [1.29, 1.82) is 0 Å². The van der Waals surface area contributed by atoms with Crippen molar-refractivity contribution in [3.05, 3.63) is 34.7 Å². The second kappa shape index (κ2) is 5.57. The van der Waals surface area contributed by atoms with E-state index in [1.165, 1.54) is 16.9 Å². The average Bonchev–Trinajstić information content (AvgIpc) is 2.81. The van der Waals surface area contributed by atoms with Crippen LogP contribution >= 0.6 is 11.3 Å². The van der Waals surface area contributed by atoms with Crippen LogP contribution in [-0.2, 0) is 0 Å². The third-order valence-corrected chi connectivity index (χ3v) is 4.98. The Balaban J connectivity index is 2.12. The monoisotopic (exact) mass is 313 g/mol. The number of hydrogen-bond donors (Lipinski definition) is 2. The number of aromatic nitrogens is 1. The Hall–Kier alpha value is -2.14.